The van der Waals surface area contributed by atoms with Crippen LogP contribution < -0.4 is 11.1 Å². The van der Waals surface area contributed by atoms with Crippen molar-refractivity contribution in [3.63, 3.8) is 0 Å². The Labute approximate surface area is 94.7 Å². The van der Waals surface area contributed by atoms with Crippen LogP contribution in [-0.4, -0.2) is 35.7 Å². The summed E-state index contributed by atoms with van der Waals surface area (Å²) < 4.78 is 24.3. The zero-order valence-electron chi connectivity index (χ0n) is 9.40. The average Bonchev–Trinajstić information content (AvgIpc) is 2.62. The molecule has 3 N–H and O–H groups in total. The molecule has 6 nitrogen and oxygen atoms in total. The Kier molecular flexibility index (Phi) is 2.57. The maximum Gasteiger partial charge on any atom is 0.152 e. The van der Waals surface area contributed by atoms with Gasteiger partial charge in [0.05, 0.1) is 22.9 Å². The van der Waals surface area contributed by atoms with Crippen molar-refractivity contribution in [2.45, 2.75) is 19.4 Å². The van der Waals surface area contributed by atoms with Crippen molar-refractivity contribution < 1.29 is 8.42 Å². The first-order valence-corrected chi connectivity index (χ1v) is 6.97. The molecule has 1 saturated heterocycles. The van der Waals surface area contributed by atoms with Gasteiger partial charge in [0.2, 0.25) is 0 Å². The first-order chi connectivity index (χ1) is 7.39. The zero-order valence-corrected chi connectivity index (χ0v) is 10.2. The number of aromatic nitrogens is 2. The Hall–Kier alpha value is -1.24. The van der Waals surface area contributed by atoms with E-state index in [4.69, 9.17) is 5.73 Å². The fourth-order valence-corrected chi connectivity index (χ4v) is 3.62. The molecule has 0 bridgehead atoms. The van der Waals surface area contributed by atoms with Crippen molar-refractivity contribution >= 4 is 21.3 Å². The highest BCUT2D eigenvalue weighted by Gasteiger charge is 2.28. The van der Waals surface area contributed by atoms with Gasteiger partial charge >= 0.3 is 0 Å². The first-order valence-electron chi connectivity index (χ1n) is 5.15. The van der Waals surface area contributed by atoms with Gasteiger partial charge < -0.3 is 11.1 Å². The lowest BCUT2D eigenvalue weighted by Crippen LogP contribution is -2.22. The number of rotatable bonds is 2. The van der Waals surface area contributed by atoms with Gasteiger partial charge in [-0.25, -0.2) is 8.42 Å². The van der Waals surface area contributed by atoms with Crippen LogP contribution in [-0.2, 0) is 16.9 Å². The molecule has 0 radical (unpaired) electrons. The molecule has 1 fully saturated rings. The van der Waals surface area contributed by atoms with Gasteiger partial charge in [-0.3, -0.25) is 4.68 Å². The van der Waals surface area contributed by atoms with Crippen LogP contribution in [0.15, 0.2) is 0 Å². The quantitative estimate of drug-likeness (QED) is 0.759. The number of hydrogen-bond acceptors (Lipinski definition) is 5. The van der Waals surface area contributed by atoms with Crippen molar-refractivity contribution in [1.82, 2.24) is 9.78 Å². The van der Waals surface area contributed by atoms with Gasteiger partial charge in [-0.2, -0.15) is 5.10 Å². The van der Waals surface area contributed by atoms with E-state index in [1.807, 2.05) is 6.92 Å². The molecule has 0 amide bonds. The van der Waals surface area contributed by atoms with Gasteiger partial charge in [-0.1, -0.05) is 0 Å². The van der Waals surface area contributed by atoms with Crippen LogP contribution in [0.25, 0.3) is 0 Å². The molecule has 90 valence electrons. The summed E-state index contributed by atoms with van der Waals surface area (Å²) in [5.74, 6) is 1.14. The van der Waals surface area contributed by atoms with E-state index in [9.17, 15) is 8.42 Å². The number of hydrogen-bond donors (Lipinski definition) is 2. The SMILES string of the molecule is Cc1nn(C)c(NC2CCS(=O)(=O)C2)c1N. The van der Waals surface area contributed by atoms with Crippen molar-refractivity contribution in [1.29, 1.82) is 0 Å². The van der Waals surface area contributed by atoms with Crippen LogP contribution in [0.1, 0.15) is 12.1 Å². The third kappa shape index (κ3) is 1.99. The molecular weight excluding hydrogens is 228 g/mol. The summed E-state index contributed by atoms with van der Waals surface area (Å²) in [5, 5.41) is 7.32. The topological polar surface area (TPSA) is 90.0 Å². The molecule has 0 aromatic carbocycles. The summed E-state index contributed by atoms with van der Waals surface area (Å²) in [7, 11) is -1.08. The number of aryl methyl sites for hydroxylation is 2. The second-order valence-corrected chi connectivity index (χ2v) is 6.44. The molecule has 1 unspecified atom stereocenters. The molecule has 7 heteroatoms. The predicted molar refractivity (Wildman–Crippen MR) is 63.0 cm³/mol. The molecule has 16 heavy (non-hydrogen) atoms. The fraction of sp³-hybridized carbons (Fsp3) is 0.667. The van der Waals surface area contributed by atoms with Gasteiger partial charge in [-0.15, -0.1) is 0 Å². The number of nitrogens with one attached hydrogen (secondary N) is 1. The molecule has 2 rings (SSSR count). The third-order valence-corrected chi connectivity index (χ3v) is 4.61. The molecule has 2 heterocycles. The van der Waals surface area contributed by atoms with E-state index >= 15 is 0 Å². The Morgan fingerprint density at radius 1 is 1.56 bits per heavy atom. The summed E-state index contributed by atoms with van der Waals surface area (Å²) in [4.78, 5) is 0. The number of nitrogens with two attached hydrogens (primary N) is 1. The molecular formula is C9H16N4O2S. The van der Waals surface area contributed by atoms with Crippen molar-refractivity contribution in [3.05, 3.63) is 5.69 Å². The monoisotopic (exact) mass is 244 g/mol. The standard InChI is InChI=1S/C9H16N4O2S/c1-6-8(10)9(13(2)12-6)11-7-3-4-16(14,15)5-7/h7,11H,3-5,10H2,1-2H3. The lowest BCUT2D eigenvalue weighted by atomic mass is 10.2. The molecule has 0 spiro atoms. The molecule has 1 aliphatic heterocycles. The minimum absolute atomic E-state index is 0.0536. The Morgan fingerprint density at radius 3 is 2.69 bits per heavy atom. The molecule has 1 atom stereocenters. The first kappa shape index (κ1) is 11.3. The summed E-state index contributed by atoms with van der Waals surface area (Å²) in [6, 6.07) is -0.0536. The molecule has 0 saturated carbocycles. The average molecular weight is 244 g/mol. The van der Waals surface area contributed by atoms with E-state index in [-0.39, 0.29) is 17.5 Å². The third-order valence-electron chi connectivity index (χ3n) is 2.84. The van der Waals surface area contributed by atoms with E-state index < -0.39 is 9.84 Å². The van der Waals surface area contributed by atoms with Crippen molar-refractivity contribution in [3.8, 4) is 0 Å². The van der Waals surface area contributed by atoms with Gasteiger partial charge in [0.15, 0.2) is 9.84 Å². The Morgan fingerprint density at radius 2 is 2.25 bits per heavy atom. The highest BCUT2D eigenvalue weighted by atomic mass is 32.2. The lowest BCUT2D eigenvalue weighted by molar-refractivity contribution is 0.601. The van der Waals surface area contributed by atoms with Crippen LogP contribution in [0.3, 0.4) is 0 Å². The Bertz CT molecular complexity index is 506. The second-order valence-electron chi connectivity index (χ2n) is 4.22. The van der Waals surface area contributed by atoms with Gasteiger partial charge in [0.1, 0.15) is 5.82 Å². The maximum absolute atomic E-state index is 11.3. The summed E-state index contributed by atoms with van der Waals surface area (Å²) in [6.45, 7) is 1.83. The van der Waals surface area contributed by atoms with Gasteiger partial charge in [-0.05, 0) is 13.3 Å². The van der Waals surface area contributed by atoms with E-state index in [1.54, 1.807) is 11.7 Å². The maximum atomic E-state index is 11.3. The van der Waals surface area contributed by atoms with E-state index in [2.05, 4.69) is 10.4 Å². The van der Waals surface area contributed by atoms with E-state index in [1.165, 1.54) is 0 Å². The smallest absolute Gasteiger partial charge is 0.152 e. The minimum Gasteiger partial charge on any atom is -0.394 e. The fourth-order valence-electron chi connectivity index (χ4n) is 1.95. The summed E-state index contributed by atoms with van der Waals surface area (Å²) in [6.07, 6.45) is 0.631. The van der Waals surface area contributed by atoms with E-state index in [0.717, 1.165) is 5.69 Å². The molecule has 1 aromatic rings. The highest BCUT2D eigenvalue weighted by molar-refractivity contribution is 7.91. The van der Waals surface area contributed by atoms with Crippen LogP contribution >= 0.6 is 0 Å². The number of nitrogen functional groups attached to an aromatic ring is 1. The zero-order chi connectivity index (χ0) is 11.9. The normalized spacial score (nSPS) is 23.5. The van der Waals surface area contributed by atoms with Crippen LogP contribution in [0, 0.1) is 6.92 Å². The Balaban J connectivity index is 2.16. The van der Waals surface area contributed by atoms with Crippen LogP contribution in [0.2, 0.25) is 0 Å². The largest absolute Gasteiger partial charge is 0.394 e. The van der Waals surface area contributed by atoms with E-state index in [0.29, 0.717) is 17.9 Å². The summed E-state index contributed by atoms with van der Waals surface area (Å²) in [5.41, 5.74) is 7.20. The molecule has 0 aliphatic carbocycles. The predicted octanol–water partition coefficient (Wildman–Crippen LogP) is -0.0903. The van der Waals surface area contributed by atoms with Crippen LogP contribution in [0.4, 0.5) is 11.5 Å². The molecule has 1 aromatic heterocycles. The number of nitrogens with zero attached hydrogens (tertiary/aromatic N) is 2. The van der Waals surface area contributed by atoms with Crippen molar-refractivity contribution in [2.24, 2.45) is 7.05 Å². The van der Waals surface area contributed by atoms with Crippen molar-refractivity contribution in [2.75, 3.05) is 22.6 Å². The van der Waals surface area contributed by atoms with Crippen LogP contribution in [0.5, 0.6) is 0 Å². The van der Waals surface area contributed by atoms with Gasteiger partial charge in [0, 0.05) is 13.1 Å². The number of sulfone groups is 1. The van der Waals surface area contributed by atoms with Gasteiger partial charge in [0.25, 0.3) is 0 Å². The lowest BCUT2D eigenvalue weighted by Gasteiger charge is -2.12. The second kappa shape index (κ2) is 3.65. The number of anilines is 2. The highest BCUT2D eigenvalue weighted by Crippen LogP contribution is 2.24. The minimum atomic E-state index is -2.87. The molecule has 1 aliphatic rings. The summed E-state index contributed by atoms with van der Waals surface area (Å²) >= 11 is 0.